The normalized spacial score (nSPS) is 23.9. The summed E-state index contributed by atoms with van der Waals surface area (Å²) in [6.07, 6.45) is 4.51. The van der Waals surface area contributed by atoms with Crippen LogP contribution in [-0.4, -0.2) is 38.8 Å². The Kier molecular flexibility index (Phi) is 4.88. The van der Waals surface area contributed by atoms with Gasteiger partial charge in [0.2, 0.25) is 5.78 Å². The fraction of sp³-hybridized carbons (Fsp3) is 0.429. The van der Waals surface area contributed by atoms with E-state index in [-0.39, 0.29) is 36.5 Å². The maximum atomic E-state index is 12.8. The van der Waals surface area contributed by atoms with E-state index in [0.717, 1.165) is 24.1 Å². The summed E-state index contributed by atoms with van der Waals surface area (Å²) in [7, 11) is 0. The van der Waals surface area contributed by atoms with Gasteiger partial charge >= 0.3 is 6.09 Å². The average Bonchev–Trinajstić information content (AvgIpc) is 2.96. The Hall–Kier alpha value is -2.76. The van der Waals surface area contributed by atoms with Gasteiger partial charge in [-0.25, -0.2) is 14.8 Å². The van der Waals surface area contributed by atoms with Crippen LogP contribution in [0.3, 0.4) is 0 Å². The number of piperidine rings is 1. The lowest BCUT2D eigenvalue weighted by Crippen LogP contribution is -2.48. The van der Waals surface area contributed by atoms with Crippen LogP contribution in [0.2, 0.25) is 0 Å². The van der Waals surface area contributed by atoms with Gasteiger partial charge in [-0.1, -0.05) is 30.3 Å². The number of rotatable bonds is 4. The van der Waals surface area contributed by atoms with E-state index in [4.69, 9.17) is 4.74 Å². The third kappa shape index (κ3) is 3.70. The molecule has 1 aromatic heterocycles. The monoisotopic (exact) mass is 365 g/mol. The minimum absolute atomic E-state index is 0.00657. The number of Topliss-reactive ketones (excluding diaryl/α,β-unsaturated/α-hetero) is 1. The number of aromatic nitrogens is 2. The van der Waals surface area contributed by atoms with E-state index in [9.17, 15) is 9.59 Å². The van der Waals surface area contributed by atoms with Gasteiger partial charge in [0.15, 0.2) is 5.82 Å². The van der Waals surface area contributed by atoms with Crippen molar-refractivity contribution in [3.63, 3.8) is 0 Å². The van der Waals surface area contributed by atoms with Crippen molar-refractivity contribution in [3.05, 3.63) is 59.7 Å². The topological polar surface area (TPSA) is 72.4 Å². The molecule has 0 spiro atoms. The third-order valence-corrected chi connectivity index (χ3v) is 5.54. The molecule has 0 aliphatic carbocycles. The van der Waals surface area contributed by atoms with Crippen LogP contribution in [0.15, 0.2) is 42.6 Å². The van der Waals surface area contributed by atoms with Crippen LogP contribution in [0, 0.1) is 12.8 Å². The van der Waals surface area contributed by atoms with Crippen molar-refractivity contribution in [1.29, 1.82) is 0 Å². The summed E-state index contributed by atoms with van der Waals surface area (Å²) in [5.41, 5.74) is 1.76. The Labute approximate surface area is 158 Å². The zero-order valence-corrected chi connectivity index (χ0v) is 15.4. The molecule has 0 radical (unpaired) electrons. The summed E-state index contributed by atoms with van der Waals surface area (Å²) < 4.78 is 5.52. The highest BCUT2D eigenvalue weighted by Crippen LogP contribution is 2.40. The molecular formula is C21H23N3O3. The Balaban J connectivity index is 1.40. The third-order valence-electron chi connectivity index (χ3n) is 5.54. The Morgan fingerprint density at radius 3 is 2.48 bits per heavy atom. The predicted octanol–water partition coefficient (Wildman–Crippen LogP) is 3.55. The number of amides is 1. The van der Waals surface area contributed by atoms with Crippen LogP contribution in [0.25, 0.3) is 0 Å². The number of carbonyl (C=O) groups excluding carboxylic acids is 2. The molecule has 2 bridgehead atoms. The van der Waals surface area contributed by atoms with Crippen LogP contribution < -0.4 is 0 Å². The minimum Gasteiger partial charge on any atom is -0.445 e. The first-order chi connectivity index (χ1) is 13.1. The fourth-order valence-electron chi connectivity index (χ4n) is 4.23. The number of hydrogen-bond donors (Lipinski definition) is 0. The van der Waals surface area contributed by atoms with Gasteiger partial charge in [-0.2, -0.15) is 0 Å². The van der Waals surface area contributed by atoms with Crippen molar-refractivity contribution >= 4 is 11.9 Å². The zero-order valence-electron chi connectivity index (χ0n) is 15.4. The van der Waals surface area contributed by atoms with Gasteiger partial charge in [-0.3, -0.25) is 4.79 Å². The van der Waals surface area contributed by atoms with Gasteiger partial charge in [0.05, 0.1) is 0 Å². The molecule has 0 saturated carbocycles. The summed E-state index contributed by atoms with van der Waals surface area (Å²) in [5.74, 6) is 0.162. The quantitative estimate of drug-likeness (QED) is 0.775. The SMILES string of the molecule is Cc1ccnc(C(=O)C2CC3CCC(C2)N3C(=O)OCc2ccccc2)n1. The molecule has 1 aromatic carbocycles. The van der Waals surface area contributed by atoms with E-state index in [1.807, 2.05) is 42.2 Å². The van der Waals surface area contributed by atoms with Crippen LogP contribution in [-0.2, 0) is 11.3 Å². The average molecular weight is 365 g/mol. The smallest absolute Gasteiger partial charge is 0.410 e. The molecule has 2 unspecified atom stereocenters. The zero-order chi connectivity index (χ0) is 18.8. The number of fused-ring (bicyclic) bond motifs is 2. The summed E-state index contributed by atoms with van der Waals surface area (Å²) >= 11 is 0. The van der Waals surface area contributed by atoms with E-state index in [2.05, 4.69) is 9.97 Å². The molecule has 2 aliphatic heterocycles. The summed E-state index contributed by atoms with van der Waals surface area (Å²) in [6, 6.07) is 11.6. The van der Waals surface area contributed by atoms with Gasteiger partial charge in [0.1, 0.15) is 6.61 Å². The number of ketones is 1. The molecule has 2 atom stereocenters. The molecule has 4 rings (SSSR count). The lowest BCUT2D eigenvalue weighted by Gasteiger charge is -2.37. The van der Waals surface area contributed by atoms with Crippen molar-refractivity contribution in [2.24, 2.45) is 5.92 Å². The molecule has 2 saturated heterocycles. The highest BCUT2D eigenvalue weighted by molar-refractivity contribution is 5.94. The molecule has 6 heteroatoms. The fourth-order valence-corrected chi connectivity index (χ4v) is 4.23. The van der Waals surface area contributed by atoms with Crippen molar-refractivity contribution in [2.75, 3.05) is 0 Å². The van der Waals surface area contributed by atoms with Gasteiger partial charge in [-0.05, 0) is 44.2 Å². The van der Waals surface area contributed by atoms with E-state index in [1.165, 1.54) is 0 Å². The van der Waals surface area contributed by atoms with Crippen LogP contribution in [0.1, 0.15) is 47.6 Å². The largest absolute Gasteiger partial charge is 0.445 e. The Morgan fingerprint density at radius 2 is 1.81 bits per heavy atom. The van der Waals surface area contributed by atoms with Gasteiger partial charge in [0.25, 0.3) is 0 Å². The molecule has 2 aliphatic rings. The second-order valence-electron chi connectivity index (χ2n) is 7.39. The number of carbonyl (C=O) groups is 2. The number of ether oxygens (including phenoxy) is 1. The first-order valence-electron chi connectivity index (χ1n) is 9.44. The molecule has 140 valence electrons. The summed E-state index contributed by atoms with van der Waals surface area (Å²) in [4.78, 5) is 35.7. The lowest BCUT2D eigenvalue weighted by atomic mass is 9.87. The molecular weight excluding hydrogens is 342 g/mol. The molecule has 2 fully saturated rings. The maximum Gasteiger partial charge on any atom is 0.410 e. The van der Waals surface area contributed by atoms with E-state index >= 15 is 0 Å². The van der Waals surface area contributed by atoms with Crippen LogP contribution in [0.4, 0.5) is 4.79 Å². The lowest BCUT2D eigenvalue weighted by molar-refractivity contribution is 0.0481. The molecule has 27 heavy (non-hydrogen) atoms. The number of aryl methyl sites for hydroxylation is 1. The Morgan fingerprint density at radius 1 is 1.11 bits per heavy atom. The van der Waals surface area contributed by atoms with E-state index in [1.54, 1.807) is 12.3 Å². The van der Waals surface area contributed by atoms with Crippen molar-refractivity contribution < 1.29 is 14.3 Å². The van der Waals surface area contributed by atoms with E-state index in [0.29, 0.717) is 18.7 Å². The minimum atomic E-state index is -0.274. The predicted molar refractivity (Wildman–Crippen MR) is 99.1 cm³/mol. The second kappa shape index (κ2) is 7.47. The number of hydrogen-bond acceptors (Lipinski definition) is 5. The van der Waals surface area contributed by atoms with Crippen molar-refractivity contribution in [2.45, 2.75) is 51.3 Å². The standard InChI is InChI=1S/C21H23N3O3/c1-14-9-10-22-20(23-14)19(25)16-11-17-7-8-18(12-16)24(17)21(26)27-13-15-5-3-2-4-6-15/h2-6,9-10,16-18H,7-8,11-13H2,1H3. The molecule has 3 heterocycles. The highest BCUT2D eigenvalue weighted by Gasteiger charge is 2.46. The molecule has 1 amide bonds. The van der Waals surface area contributed by atoms with E-state index < -0.39 is 0 Å². The van der Waals surface area contributed by atoms with Crippen molar-refractivity contribution in [1.82, 2.24) is 14.9 Å². The molecule has 0 N–H and O–H groups in total. The number of benzene rings is 1. The van der Waals surface area contributed by atoms with Gasteiger partial charge in [0, 0.05) is 29.9 Å². The highest BCUT2D eigenvalue weighted by atomic mass is 16.6. The molecule has 2 aromatic rings. The molecule has 6 nitrogen and oxygen atoms in total. The first-order valence-corrected chi connectivity index (χ1v) is 9.44. The first kappa shape index (κ1) is 17.6. The van der Waals surface area contributed by atoms with Gasteiger partial charge < -0.3 is 9.64 Å². The Bertz CT molecular complexity index is 826. The van der Waals surface area contributed by atoms with Crippen LogP contribution in [0.5, 0.6) is 0 Å². The van der Waals surface area contributed by atoms with Crippen LogP contribution >= 0.6 is 0 Å². The summed E-state index contributed by atoms with van der Waals surface area (Å²) in [6.45, 7) is 2.13. The summed E-state index contributed by atoms with van der Waals surface area (Å²) in [5, 5.41) is 0. The van der Waals surface area contributed by atoms with Crippen molar-refractivity contribution in [3.8, 4) is 0 Å². The second-order valence-corrected chi connectivity index (χ2v) is 7.39. The maximum absolute atomic E-state index is 12.8. The number of nitrogens with zero attached hydrogens (tertiary/aromatic N) is 3. The van der Waals surface area contributed by atoms with Gasteiger partial charge in [-0.15, -0.1) is 0 Å².